The molecule has 2 N–H and O–H groups in total. The van der Waals surface area contributed by atoms with E-state index in [0.717, 1.165) is 17.0 Å². The van der Waals surface area contributed by atoms with Crippen molar-refractivity contribution in [2.75, 3.05) is 12.5 Å². The van der Waals surface area contributed by atoms with E-state index in [9.17, 15) is 0 Å². The quantitative estimate of drug-likeness (QED) is 0.730. The molecule has 6 heteroatoms. The van der Waals surface area contributed by atoms with Crippen LogP contribution >= 0.6 is 0 Å². The minimum atomic E-state index is 0.253. The molecule has 0 amide bonds. The molecule has 0 saturated heterocycles. The maximum absolute atomic E-state index is 5.94. The lowest BCUT2D eigenvalue weighted by molar-refractivity contribution is 0.174. The number of anilines is 1. The number of rotatable bonds is 1. The topological polar surface area (TPSA) is 74.7 Å². The third-order valence-electron chi connectivity index (χ3n) is 3.33. The van der Waals surface area contributed by atoms with Crippen molar-refractivity contribution < 1.29 is 9.47 Å². The smallest absolute Gasteiger partial charge is 0.231 e. The molecule has 1 aliphatic heterocycles. The van der Waals surface area contributed by atoms with Crippen LogP contribution in [0.3, 0.4) is 0 Å². The molecule has 1 aliphatic rings. The first-order valence-electron chi connectivity index (χ1n) is 6.24. The number of fused-ring (bicyclic) bond motifs is 2. The third kappa shape index (κ3) is 1.51. The average Bonchev–Trinajstić information content (AvgIpc) is 3.08. The molecule has 0 spiro atoms. The number of benzene rings is 1. The molecule has 3 aromatic rings. The van der Waals surface area contributed by atoms with Gasteiger partial charge in [0, 0.05) is 11.3 Å². The normalized spacial score (nSPS) is 13.1. The Hall–Kier alpha value is -2.76. The van der Waals surface area contributed by atoms with Crippen molar-refractivity contribution in [3.63, 3.8) is 0 Å². The van der Waals surface area contributed by atoms with Gasteiger partial charge in [-0.1, -0.05) is 0 Å². The molecular weight excluding hydrogens is 256 g/mol. The zero-order chi connectivity index (χ0) is 13.7. The molecule has 0 radical (unpaired) electrons. The SMILES string of the molecule is Cc1ccc(N)c2nc(-c3ccc4c(c3)OCO4)nn12. The third-order valence-corrected chi connectivity index (χ3v) is 3.33. The Kier molecular flexibility index (Phi) is 2.14. The Bertz CT molecular complexity index is 786. The minimum Gasteiger partial charge on any atom is -0.454 e. The zero-order valence-corrected chi connectivity index (χ0v) is 10.8. The number of ether oxygens (including phenoxy) is 2. The van der Waals surface area contributed by atoms with Crippen molar-refractivity contribution in [2.45, 2.75) is 6.92 Å². The summed E-state index contributed by atoms with van der Waals surface area (Å²) in [5.74, 6) is 2.07. The van der Waals surface area contributed by atoms with Gasteiger partial charge in [0.2, 0.25) is 6.79 Å². The molecule has 0 fully saturated rings. The molecule has 20 heavy (non-hydrogen) atoms. The molecular formula is C14H12N4O2. The summed E-state index contributed by atoms with van der Waals surface area (Å²) in [7, 11) is 0. The van der Waals surface area contributed by atoms with Crippen LogP contribution in [0.15, 0.2) is 30.3 Å². The molecule has 3 heterocycles. The van der Waals surface area contributed by atoms with Crippen LogP contribution < -0.4 is 15.2 Å². The van der Waals surface area contributed by atoms with Gasteiger partial charge in [-0.25, -0.2) is 9.50 Å². The second kappa shape index (κ2) is 3.86. The molecule has 0 unspecified atom stereocenters. The second-order valence-electron chi connectivity index (χ2n) is 4.67. The summed E-state index contributed by atoms with van der Waals surface area (Å²) in [5, 5.41) is 4.50. The number of pyridine rings is 1. The number of aryl methyl sites for hydroxylation is 1. The minimum absolute atomic E-state index is 0.253. The van der Waals surface area contributed by atoms with Crippen molar-refractivity contribution >= 4 is 11.3 Å². The van der Waals surface area contributed by atoms with Gasteiger partial charge in [0.25, 0.3) is 0 Å². The molecule has 0 bridgehead atoms. The summed E-state index contributed by atoms with van der Waals surface area (Å²) in [6, 6.07) is 9.40. The van der Waals surface area contributed by atoms with E-state index in [4.69, 9.17) is 15.2 Å². The van der Waals surface area contributed by atoms with Gasteiger partial charge in [0.05, 0.1) is 5.69 Å². The number of nitrogens with zero attached hydrogens (tertiary/aromatic N) is 3. The Morgan fingerprint density at radius 3 is 2.85 bits per heavy atom. The molecule has 100 valence electrons. The van der Waals surface area contributed by atoms with Gasteiger partial charge in [-0.2, -0.15) is 0 Å². The van der Waals surface area contributed by atoms with Crippen molar-refractivity contribution in [3.05, 3.63) is 36.0 Å². The van der Waals surface area contributed by atoms with E-state index >= 15 is 0 Å². The fourth-order valence-corrected chi connectivity index (χ4v) is 2.26. The lowest BCUT2D eigenvalue weighted by Gasteiger charge is -1.98. The molecule has 4 rings (SSSR count). The van der Waals surface area contributed by atoms with E-state index in [1.807, 2.05) is 37.3 Å². The van der Waals surface area contributed by atoms with Gasteiger partial charge in [-0.3, -0.25) is 0 Å². The van der Waals surface area contributed by atoms with Crippen molar-refractivity contribution in [3.8, 4) is 22.9 Å². The highest BCUT2D eigenvalue weighted by atomic mass is 16.7. The average molecular weight is 268 g/mol. The Morgan fingerprint density at radius 1 is 1.15 bits per heavy atom. The zero-order valence-electron chi connectivity index (χ0n) is 10.8. The van der Waals surface area contributed by atoms with Crippen molar-refractivity contribution in [1.82, 2.24) is 14.6 Å². The monoisotopic (exact) mass is 268 g/mol. The van der Waals surface area contributed by atoms with E-state index in [0.29, 0.717) is 22.9 Å². The fraction of sp³-hybridized carbons (Fsp3) is 0.143. The largest absolute Gasteiger partial charge is 0.454 e. The standard InChI is InChI=1S/C14H12N4O2/c1-8-2-4-10(15)14-16-13(17-18(8)14)9-3-5-11-12(6-9)20-7-19-11/h2-6H,7,15H2,1H3. The maximum Gasteiger partial charge on any atom is 0.231 e. The number of nitrogens with two attached hydrogens (primary N) is 1. The summed E-state index contributed by atoms with van der Waals surface area (Å²) in [5.41, 5.74) is 9.06. The van der Waals surface area contributed by atoms with Gasteiger partial charge < -0.3 is 15.2 Å². The number of nitrogen functional groups attached to an aromatic ring is 1. The molecule has 1 aromatic carbocycles. The van der Waals surface area contributed by atoms with Crippen LogP contribution in [0.4, 0.5) is 5.69 Å². The van der Waals surface area contributed by atoms with Crippen molar-refractivity contribution in [1.29, 1.82) is 0 Å². The van der Waals surface area contributed by atoms with Crippen molar-refractivity contribution in [2.24, 2.45) is 0 Å². The highest BCUT2D eigenvalue weighted by Crippen LogP contribution is 2.35. The number of aromatic nitrogens is 3. The van der Waals surface area contributed by atoms with E-state index in [1.165, 1.54) is 0 Å². The first-order chi connectivity index (χ1) is 9.72. The molecule has 2 aromatic heterocycles. The predicted octanol–water partition coefficient (Wildman–Crippen LogP) is 2.02. The Morgan fingerprint density at radius 2 is 2.00 bits per heavy atom. The van der Waals surface area contributed by atoms with E-state index < -0.39 is 0 Å². The highest BCUT2D eigenvalue weighted by molar-refractivity contribution is 5.69. The molecule has 0 aliphatic carbocycles. The predicted molar refractivity (Wildman–Crippen MR) is 73.7 cm³/mol. The molecule has 0 atom stereocenters. The highest BCUT2D eigenvalue weighted by Gasteiger charge is 2.16. The second-order valence-corrected chi connectivity index (χ2v) is 4.67. The van der Waals surface area contributed by atoms with E-state index in [2.05, 4.69) is 10.1 Å². The van der Waals surface area contributed by atoms with Gasteiger partial charge in [-0.15, -0.1) is 5.10 Å². The van der Waals surface area contributed by atoms with E-state index in [-0.39, 0.29) is 6.79 Å². The number of hydrogen-bond acceptors (Lipinski definition) is 5. The first kappa shape index (κ1) is 11.1. The van der Waals surface area contributed by atoms with Gasteiger partial charge in [-0.05, 0) is 37.3 Å². The van der Waals surface area contributed by atoms with Gasteiger partial charge in [0.1, 0.15) is 0 Å². The lowest BCUT2D eigenvalue weighted by atomic mass is 10.2. The van der Waals surface area contributed by atoms with Gasteiger partial charge in [0.15, 0.2) is 23.0 Å². The van der Waals surface area contributed by atoms with Crippen LogP contribution in [-0.4, -0.2) is 21.4 Å². The van der Waals surface area contributed by atoms with E-state index in [1.54, 1.807) is 4.52 Å². The van der Waals surface area contributed by atoms with Crippen LogP contribution in [0.5, 0.6) is 11.5 Å². The van der Waals surface area contributed by atoms with Crippen LogP contribution in [0.1, 0.15) is 5.69 Å². The molecule has 0 saturated carbocycles. The summed E-state index contributed by atoms with van der Waals surface area (Å²) in [6.07, 6.45) is 0. The molecule has 6 nitrogen and oxygen atoms in total. The fourth-order valence-electron chi connectivity index (χ4n) is 2.26. The van der Waals surface area contributed by atoms with Crippen LogP contribution in [0.25, 0.3) is 17.0 Å². The summed E-state index contributed by atoms with van der Waals surface area (Å²) < 4.78 is 12.4. The summed E-state index contributed by atoms with van der Waals surface area (Å²) in [6.45, 7) is 2.22. The van der Waals surface area contributed by atoms with Crippen LogP contribution in [0.2, 0.25) is 0 Å². The maximum atomic E-state index is 5.94. The first-order valence-corrected chi connectivity index (χ1v) is 6.24. The number of hydrogen-bond donors (Lipinski definition) is 1. The van der Waals surface area contributed by atoms with Gasteiger partial charge >= 0.3 is 0 Å². The van der Waals surface area contributed by atoms with Crippen LogP contribution in [0, 0.1) is 6.92 Å². The van der Waals surface area contributed by atoms with Crippen LogP contribution in [-0.2, 0) is 0 Å². The summed E-state index contributed by atoms with van der Waals surface area (Å²) in [4.78, 5) is 4.50. The lowest BCUT2D eigenvalue weighted by Crippen LogP contribution is -1.97. The Balaban J connectivity index is 1.90. The Labute approximate surface area is 114 Å². The summed E-state index contributed by atoms with van der Waals surface area (Å²) >= 11 is 0.